The smallest absolute Gasteiger partial charge is 0.266 e. The monoisotopic (exact) mass is 329 g/mol. The van der Waals surface area contributed by atoms with E-state index in [0.29, 0.717) is 6.04 Å². The summed E-state index contributed by atoms with van der Waals surface area (Å²) in [6, 6.07) is 10.8. The van der Waals surface area contributed by atoms with E-state index < -0.39 is 0 Å². The van der Waals surface area contributed by atoms with E-state index in [1.807, 2.05) is 30.0 Å². The van der Waals surface area contributed by atoms with Gasteiger partial charge in [-0.1, -0.05) is 30.3 Å². The Hall–Kier alpha value is -1.72. The number of thiazole rings is 1. The Bertz CT molecular complexity index is 683. The van der Waals surface area contributed by atoms with Gasteiger partial charge < -0.3 is 10.2 Å². The van der Waals surface area contributed by atoms with Crippen molar-refractivity contribution >= 4 is 17.2 Å². The average molecular weight is 329 g/mol. The first-order valence-corrected chi connectivity index (χ1v) is 8.92. The first-order chi connectivity index (χ1) is 11.1. The molecule has 1 N–H and O–H groups in total. The second kappa shape index (κ2) is 6.81. The Balaban J connectivity index is 1.79. The molecule has 1 aliphatic heterocycles. The van der Waals surface area contributed by atoms with Crippen LogP contribution in [-0.4, -0.2) is 41.0 Å². The van der Waals surface area contributed by atoms with Crippen molar-refractivity contribution in [3.05, 3.63) is 51.5 Å². The van der Waals surface area contributed by atoms with Gasteiger partial charge in [-0.25, -0.2) is 4.98 Å². The summed E-state index contributed by atoms with van der Waals surface area (Å²) in [7, 11) is 0. The summed E-state index contributed by atoms with van der Waals surface area (Å²) in [6.07, 6.45) is 0.785. The van der Waals surface area contributed by atoms with E-state index in [4.69, 9.17) is 0 Å². The van der Waals surface area contributed by atoms with Crippen LogP contribution in [0.3, 0.4) is 0 Å². The zero-order valence-corrected chi connectivity index (χ0v) is 14.7. The van der Waals surface area contributed by atoms with Crippen molar-refractivity contribution < 1.29 is 4.79 Å². The number of amides is 1. The maximum atomic E-state index is 12.9. The highest BCUT2D eigenvalue weighted by Gasteiger charge is 2.30. The molecule has 4 nitrogen and oxygen atoms in total. The Morgan fingerprint density at radius 3 is 2.83 bits per heavy atom. The third-order valence-electron chi connectivity index (χ3n) is 4.53. The molecule has 1 aromatic heterocycles. The average Bonchev–Trinajstić information content (AvgIpc) is 2.91. The fourth-order valence-electron chi connectivity index (χ4n) is 2.97. The molecule has 0 radical (unpaired) electrons. The van der Waals surface area contributed by atoms with Gasteiger partial charge in [0.25, 0.3) is 5.91 Å². The van der Waals surface area contributed by atoms with Crippen molar-refractivity contribution in [3.63, 3.8) is 0 Å². The SMILES string of the molecule is Cc1nc(Cc2ccccc2)sc1C(=O)N1CCNC(C)C1C. The standard InChI is InChI=1S/C18H23N3OS/c1-12-14(3)21(10-9-19-12)18(22)17-13(2)20-16(23-17)11-15-7-5-4-6-8-15/h4-8,12,14,19H,9-11H2,1-3H3. The Morgan fingerprint density at radius 2 is 2.09 bits per heavy atom. The van der Waals surface area contributed by atoms with E-state index >= 15 is 0 Å². The van der Waals surface area contributed by atoms with Crippen molar-refractivity contribution in [1.82, 2.24) is 15.2 Å². The molecule has 0 bridgehead atoms. The minimum Gasteiger partial charge on any atom is -0.332 e. The molecule has 2 heterocycles. The van der Waals surface area contributed by atoms with Crippen molar-refractivity contribution in [2.75, 3.05) is 13.1 Å². The van der Waals surface area contributed by atoms with Gasteiger partial charge >= 0.3 is 0 Å². The predicted octanol–water partition coefficient (Wildman–Crippen LogP) is 2.86. The molecule has 3 rings (SSSR count). The summed E-state index contributed by atoms with van der Waals surface area (Å²) in [4.78, 5) is 20.3. The summed E-state index contributed by atoms with van der Waals surface area (Å²) in [6.45, 7) is 7.79. The maximum Gasteiger partial charge on any atom is 0.266 e. The van der Waals surface area contributed by atoms with Gasteiger partial charge in [0.05, 0.1) is 10.7 Å². The fourth-order valence-corrected chi connectivity index (χ4v) is 4.03. The van der Waals surface area contributed by atoms with E-state index in [1.165, 1.54) is 16.9 Å². The number of carbonyl (C=O) groups is 1. The summed E-state index contributed by atoms with van der Waals surface area (Å²) < 4.78 is 0. The van der Waals surface area contributed by atoms with Crippen LogP contribution in [0.2, 0.25) is 0 Å². The van der Waals surface area contributed by atoms with E-state index in [0.717, 1.165) is 35.1 Å². The first kappa shape index (κ1) is 16.1. The van der Waals surface area contributed by atoms with Crippen molar-refractivity contribution in [1.29, 1.82) is 0 Å². The lowest BCUT2D eigenvalue weighted by Gasteiger charge is -2.38. The molecule has 2 atom stereocenters. The zero-order valence-electron chi connectivity index (χ0n) is 13.9. The summed E-state index contributed by atoms with van der Waals surface area (Å²) in [5.41, 5.74) is 2.08. The number of piperazine rings is 1. The van der Waals surface area contributed by atoms with Crippen LogP contribution in [0.4, 0.5) is 0 Å². The molecular formula is C18H23N3OS. The van der Waals surface area contributed by atoms with Crippen LogP contribution in [0.1, 0.15) is 39.8 Å². The molecule has 2 unspecified atom stereocenters. The van der Waals surface area contributed by atoms with E-state index in [-0.39, 0.29) is 11.9 Å². The number of carbonyl (C=O) groups excluding carboxylic acids is 1. The second-order valence-electron chi connectivity index (χ2n) is 6.17. The van der Waals surface area contributed by atoms with Gasteiger partial charge in [-0.3, -0.25) is 4.79 Å². The molecular weight excluding hydrogens is 306 g/mol. The highest BCUT2D eigenvalue weighted by molar-refractivity contribution is 7.13. The summed E-state index contributed by atoms with van der Waals surface area (Å²) in [5, 5.41) is 4.42. The number of benzene rings is 1. The quantitative estimate of drug-likeness (QED) is 0.942. The van der Waals surface area contributed by atoms with Crippen LogP contribution >= 0.6 is 11.3 Å². The number of rotatable bonds is 3. The van der Waals surface area contributed by atoms with Crippen LogP contribution in [0.15, 0.2) is 30.3 Å². The van der Waals surface area contributed by atoms with Gasteiger partial charge in [0.2, 0.25) is 0 Å². The number of hydrogen-bond acceptors (Lipinski definition) is 4. The zero-order chi connectivity index (χ0) is 16.4. The maximum absolute atomic E-state index is 12.9. The summed E-state index contributed by atoms with van der Waals surface area (Å²) in [5.74, 6) is 0.125. The normalized spacial score (nSPS) is 21.4. The molecule has 1 aromatic carbocycles. The molecule has 122 valence electrons. The van der Waals surface area contributed by atoms with Crippen LogP contribution < -0.4 is 5.32 Å². The molecule has 2 aromatic rings. The molecule has 0 saturated carbocycles. The van der Waals surface area contributed by atoms with Gasteiger partial charge in [0.1, 0.15) is 4.88 Å². The predicted molar refractivity (Wildman–Crippen MR) is 94.1 cm³/mol. The van der Waals surface area contributed by atoms with E-state index in [9.17, 15) is 4.79 Å². The number of aromatic nitrogens is 1. The first-order valence-electron chi connectivity index (χ1n) is 8.11. The van der Waals surface area contributed by atoms with Crippen LogP contribution in [-0.2, 0) is 6.42 Å². The molecule has 0 aliphatic carbocycles. The van der Waals surface area contributed by atoms with Crippen LogP contribution in [0.5, 0.6) is 0 Å². The lowest BCUT2D eigenvalue weighted by molar-refractivity contribution is 0.0607. The Kier molecular flexibility index (Phi) is 4.78. The third kappa shape index (κ3) is 3.46. The molecule has 5 heteroatoms. The number of hydrogen-bond donors (Lipinski definition) is 1. The lowest BCUT2D eigenvalue weighted by atomic mass is 10.1. The van der Waals surface area contributed by atoms with Gasteiger partial charge in [-0.15, -0.1) is 11.3 Å². The minimum absolute atomic E-state index is 0.125. The molecule has 1 aliphatic rings. The van der Waals surface area contributed by atoms with Crippen LogP contribution in [0, 0.1) is 6.92 Å². The van der Waals surface area contributed by atoms with Gasteiger partial charge in [-0.05, 0) is 26.3 Å². The highest BCUT2D eigenvalue weighted by atomic mass is 32.1. The number of aryl methyl sites for hydroxylation is 1. The van der Waals surface area contributed by atoms with Crippen molar-refractivity contribution in [2.24, 2.45) is 0 Å². The Morgan fingerprint density at radius 1 is 1.35 bits per heavy atom. The number of nitrogens with zero attached hydrogens (tertiary/aromatic N) is 2. The molecule has 0 spiro atoms. The third-order valence-corrected chi connectivity index (χ3v) is 5.67. The van der Waals surface area contributed by atoms with Gasteiger partial charge in [-0.2, -0.15) is 0 Å². The van der Waals surface area contributed by atoms with Crippen molar-refractivity contribution in [2.45, 2.75) is 39.3 Å². The largest absolute Gasteiger partial charge is 0.332 e. The second-order valence-corrected chi connectivity index (χ2v) is 7.25. The highest BCUT2D eigenvalue weighted by Crippen LogP contribution is 2.24. The molecule has 1 saturated heterocycles. The van der Waals surface area contributed by atoms with E-state index in [1.54, 1.807) is 0 Å². The van der Waals surface area contributed by atoms with Gasteiger partial charge in [0.15, 0.2) is 0 Å². The van der Waals surface area contributed by atoms with E-state index in [2.05, 4.69) is 36.3 Å². The van der Waals surface area contributed by atoms with Crippen LogP contribution in [0.25, 0.3) is 0 Å². The Labute approximate surface area is 141 Å². The minimum atomic E-state index is 0.125. The van der Waals surface area contributed by atoms with Crippen molar-refractivity contribution in [3.8, 4) is 0 Å². The molecule has 1 fully saturated rings. The topological polar surface area (TPSA) is 45.2 Å². The lowest BCUT2D eigenvalue weighted by Crippen LogP contribution is -2.57. The molecule has 23 heavy (non-hydrogen) atoms. The summed E-state index contributed by atoms with van der Waals surface area (Å²) >= 11 is 1.54. The van der Waals surface area contributed by atoms with Gasteiger partial charge in [0, 0.05) is 31.6 Å². The fraction of sp³-hybridized carbons (Fsp3) is 0.444. The number of nitrogens with one attached hydrogen (secondary N) is 1. The molecule has 1 amide bonds.